The molecule has 2 aliphatic rings. The van der Waals surface area contributed by atoms with Crippen molar-refractivity contribution in [3.8, 4) is 5.69 Å². The quantitative estimate of drug-likeness (QED) is 0.309. The summed E-state index contributed by atoms with van der Waals surface area (Å²) in [5.41, 5.74) is 3.80. The standard InChI is InChI=1S/C18H15BrN3O.BF3.FH/c19-13-5-7-14(8-6-13)22-11-21-17(20-22)10-23-16-9-12-3-1-2-4-15(12)18(16)21;2-1(3)4;/h1-8,11,16,18H,9-10H2;;1H/q+1;;/p-1. The number of nitrogens with zero attached hydrogens (tertiary/aromatic N) is 3. The van der Waals surface area contributed by atoms with E-state index in [0.717, 1.165) is 22.4 Å². The van der Waals surface area contributed by atoms with Gasteiger partial charge in [-0.1, -0.05) is 44.9 Å². The van der Waals surface area contributed by atoms with Gasteiger partial charge >= 0.3 is 13.4 Å². The Hall–Kier alpha value is -2.20. The highest BCUT2D eigenvalue weighted by Crippen LogP contribution is 2.35. The molecule has 28 heavy (non-hydrogen) atoms. The Morgan fingerprint density at radius 2 is 1.79 bits per heavy atom. The molecule has 2 unspecified atom stereocenters. The third-order valence-electron chi connectivity index (χ3n) is 4.72. The summed E-state index contributed by atoms with van der Waals surface area (Å²) in [6.07, 6.45) is 3.30. The first kappa shape index (κ1) is 20.5. The van der Waals surface area contributed by atoms with E-state index in [9.17, 15) is 12.9 Å². The van der Waals surface area contributed by atoms with Gasteiger partial charge in [0.25, 0.3) is 0 Å². The van der Waals surface area contributed by atoms with Crippen LogP contribution in [0.2, 0.25) is 0 Å². The van der Waals surface area contributed by atoms with Gasteiger partial charge in [0.2, 0.25) is 6.33 Å². The smallest absolute Gasteiger partial charge is 0.762 e. The maximum Gasteiger partial charge on any atom is 0.762 e. The SMILES string of the molecule is Brc1ccc(-n2c[n+]3c(n2)COC2Cc4ccccc4C23)cc1.FB(F)F.[F-]. The number of fused-ring (bicyclic) bond motifs is 5. The molecular weight excluding hydrogens is 441 g/mol. The van der Waals surface area contributed by atoms with Crippen LogP contribution in [-0.4, -0.2) is 23.4 Å². The van der Waals surface area contributed by atoms with Gasteiger partial charge in [-0.25, -0.2) is 4.57 Å². The van der Waals surface area contributed by atoms with Crippen molar-refractivity contribution in [1.29, 1.82) is 0 Å². The molecule has 0 amide bonds. The Morgan fingerprint density at radius 1 is 1.11 bits per heavy atom. The number of hydrogen-bond acceptors (Lipinski definition) is 2. The third kappa shape index (κ3) is 3.98. The van der Waals surface area contributed by atoms with Crippen molar-refractivity contribution in [2.24, 2.45) is 0 Å². The molecule has 2 heterocycles. The minimum absolute atomic E-state index is 0. The lowest BCUT2D eigenvalue weighted by molar-refractivity contribution is -0.739. The summed E-state index contributed by atoms with van der Waals surface area (Å²) in [7, 11) is -3.67. The lowest BCUT2D eigenvalue weighted by Gasteiger charge is -2.23. The lowest BCUT2D eigenvalue weighted by atomic mass is 10.1. The molecule has 0 saturated heterocycles. The van der Waals surface area contributed by atoms with Gasteiger partial charge in [-0.05, 0) is 35.4 Å². The van der Waals surface area contributed by atoms with Crippen LogP contribution in [0.15, 0.2) is 59.3 Å². The maximum absolute atomic E-state index is 9.67. The normalized spacial score (nSPS) is 18.7. The molecule has 0 N–H and O–H groups in total. The summed E-state index contributed by atoms with van der Waals surface area (Å²) in [6, 6.07) is 17.0. The fraction of sp³-hybridized carbons (Fsp3) is 0.222. The van der Waals surface area contributed by atoms with Crippen molar-refractivity contribution in [2.75, 3.05) is 0 Å². The van der Waals surface area contributed by atoms with Gasteiger partial charge < -0.3 is 9.44 Å². The molecular formula is C18H15BBrF4N3O. The molecule has 4 nitrogen and oxygen atoms in total. The van der Waals surface area contributed by atoms with Gasteiger partial charge in [0, 0.05) is 16.0 Å². The number of rotatable bonds is 1. The fourth-order valence-electron chi connectivity index (χ4n) is 3.64. The number of halogens is 5. The number of hydrogen-bond donors (Lipinski definition) is 0. The topological polar surface area (TPSA) is 30.9 Å². The van der Waals surface area contributed by atoms with E-state index >= 15 is 0 Å². The van der Waals surface area contributed by atoms with Gasteiger partial charge in [0.15, 0.2) is 0 Å². The summed E-state index contributed by atoms with van der Waals surface area (Å²) in [4.78, 5) is 0. The van der Waals surface area contributed by atoms with Crippen molar-refractivity contribution in [1.82, 2.24) is 9.78 Å². The minimum Gasteiger partial charge on any atom is -1.00 e. The van der Waals surface area contributed by atoms with Crippen molar-refractivity contribution in [2.45, 2.75) is 25.2 Å². The zero-order valence-corrected chi connectivity index (χ0v) is 16.1. The summed E-state index contributed by atoms with van der Waals surface area (Å²) in [5.74, 6) is 0.978. The van der Waals surface area contributed by atoms with Gasteiger partial charge in [0.05, 0.1) is 0 Å². The van der Waals surface area contributed by atoms with E-state index in [-0.39, 0.29) is 16.9 Å². The van der Waals surface area contributed by atoms with E-state index in [0.29, 0.717) is 6.61 Å². The summed E-state index contributed by atoms with van der Waals surface area (Å²) in [5, 5.41) is 4.72. The Kier molecular flexibility index (Phi) is 6.19. The average Bonchev–Trinajstić information content (AvgIpc) is 3.22. The highest BCUT2D eigenvalue weighted by molar-refractivity contribution is 9.10. The van der Waals surface area contributed by atoms with Gasteiger partial charge in [-0.2, -0.15) is 0 Å². The lowest BCUT2D eigenvalue weighted by Crippen LogP contribution is -3.00. The first-order chi connectivity index (χ1) is 13.0. The van der Waals surface area contributed by atoms with Crippen molar-refractivity contribution < 1.29 is 27.0 Å². The second-order valence-corrected chi connectivity index (χ2v) is 7.22. The Morgan fingerprint density at radius 3 is 2.50 bits per heavy atom. The highest BCUT2D eigenvalue weighted by atomic mass is 79.9. The average molecular weight is 456 g/mol. The van der Waals surface area contributed by atoms with Crippen molar-refractivity contribution in [3.63, 3.8) is 0 Å². The highest BCUT2D eigenvalue weighted by Gasteiger charge is 2.43. The second kappa shape index (κ2) is 8.44. The van der Waals surface area contributed by atoms with Crippen LogP contribution < -0.4 is 9.27 Å². The van der Waals surface area contributed by atoms with Crippen molar-refractivity contribution >= 4 is 23.5 Å². The predicted octanol–water partition coefficient (Wildman–Crippen LogP) is 0.850. The molecule has 10 heteroatoms. The molecule has 0 bridgehead atoms. The Bertz CT molecular complexity index is 952. The number of benzene rings is 2. The first-order valence-corrected chi connectivity index (χ1v) is 9.19. The molecule has 3 aromatic rings. The number of aromatic nitrogens is 3. The van der Waals surface area contributed by atoms with E-state index in [2.05, 4.69) is 63.2 Å². The van der Waals surface area contributed by atoms with Crippen LogP contribution in [0.4, 0.5) is 12.9 Å². The van der Waals surface area contributed by atoms with E-state index in [1.165, 1.54) is 11.1 Å². The van der Waals surface area contributed by atoms with Crippen LogP contribution in [0.25, 0.3) is 5.69 Å². The molecule has 0 spiro atoms. The number of ether oxygens (including phenoxy) is 1. The first-order valence-electron chi connectivity index (χ1n) is 8.40. The van der Waals surface area contributed by atoms with E-state index in [4.69, 9.17) is 9.84 Å². The molecule has 0 saturated carbocycles. The summed E-state index contributed by atoms with van der Waals surface area (Å²) >= 11 is 3.48. The molecule has 1 aromatic heterocycles. The summed E-state index contributed by atoms with van der Waals surface area (Å²) in [6.45, 7) is 0.568. The van der Waals surface area contributed by atoms with Crippen LogP contribution >= 0.6 is 15.9 Å². The molecule has 0 fully saturated rings. The van der Waals surface area contributed by atoms with Crippen molar-refractivity contribution in [3.05, 3.63) is 76.3 Å². The molecule has 1 aliphatic carbocycles. The van der Waals surface area contributed by atoms with Gasteiger partial charge in [-0.3, -0.25) is 12.9 Å². The molecule has 2 atom stereocenters. The van der Waals surface area contributed by atoms with Crippen LogP contribution in [0.1, 0.15) is 23.0 Å². The molecule has 5 rings (SSSR count). The zero-order chi connectivity index (χ0) is 19.0. The van der Waals surface area contributed by atoms with Crippen LogP contribution in [0.5, 0.6) is 0 Å². The van der Waals surface area contributed by atoms with E-state index in [1.54, 1.807) is 0 Å². The summed E-state index contributed by atoms with van der Waals surface area (Å²) < 4.78 is 40.4. The van der Waals surface area contributed by atoms with Crippen LogP contribution in [-0.2, 0) is 17.8 Å². The van der Waals surface area contributed by atoms with E-state index in [1.807, 2.05) is 16.8 Å². The maximum atomic E-state index is 9.67. The Balaban J connectivity index is 0.000000414. The molecule has 2 aromatic carbocycles. The monoisotopic (exact) mass is 455 g/mol. The second-order valence-electron chi connectivity index (χ2n) is 6.30. The molecule has 0 radical (unpaired) electrons. The predicted molar refractivity (Wildman–Crippen MR) is 97.4 cm³/mol. The minimum atomic E-state index is -3.67. The van der Waals surface area contributed by atoms with Crippen LogP contribution in [0, 0.1) is 0 Å². The zero-order valence-electron chi connectivity index (χ0n) is 14.5. The van der Waals surface area contributed by atoms with E-state index < -0.39 is 7.54 Å². The Labute approximate surface area is 167 Å². The van der Waals surface area contributed by atoms with Gasteiger partial charge in [0.1, 0.15) is 24.4 Å². The molecule has 146 valence electrons. The molecule has 1 aliphatic heterocycles. The van der Waals surface area contributed by atoms with Gasteiger partial charge in [-0.15, -0.1) is 0 Å². The fourth-order valence-corrected chi connectivity index (χ4v) is 3.90. The largest absolute Gasteiger partial charge is 1.00 e. The van der Waals surface area contributed by atoms with Crippen LogP contribution in [0.3, 0.4) is 0 Å². The third-order valence-corrected chi connectivity index (χ3v) is 5.25.